The molecule has 0 atom stereocenters. The number of fused-ring (bicyclic) bond motifs is 1. The number of hydrogen-bond acceptors (Lipinski definition) is 4. The monoisotopic (exact) mass is 442 g/mol. The predicted octanol–water partition coefficient (Wildman–Crippen LogP) is 7.02. The third-order valence-electron chi connectivity index (χ3n) is 5.63. The van der Waals surface area contributed by atoms with E-state index in [1.165, 1.54) is 21.9 Å². The lowest BCUT2D eigenvalue weighted by molar-refractivity contribution is 1.03. The highest BCUT2D eigenvalue weighted by Gasteiger charge is 2.06. The summed E-state index contributed by atoms with van der Waals surface area (Å²) in [5.41, 5.74) is 4.39. The van der Waals surface area contributed by atoms with Gasteiger partial charge in [0.15, 0.2) is 0 Å². The summed E-state index contributed by atoms with van der Waals surface area (Å²) in [6.07, 6.45) is 4.09. The fourth-order valence-electron chi connectivity index (χ4n) is 3.88. The third kappa shape index (κ3) is 5.48. The van der Waals surface area contributed by atoms with E-state index in [9.17, 15) is 0 Å². The molecule has 0 fully saturated rings. The van der Waals surface area contributed by atoms with Crippen LogP contribution in [0.4, 0.5) is 11.8 Å². The van der Waals surface area contributed by atoms with Crippen LogP contribution in [-0.2, 0) is 13.1 Å². The van der Waals surface area contributed by atoms with Gasteiger partial charge < -0.3 is 10.6 Å². The maximum atomic E-state index is 4.73. The zero-order valence-corrected chi connectivity index (χ0v) is 18.9. The molecule has 4 aromatic carbocycles. The van der Waals surface area contributed by atoms with E-state index in [0.717, 1.165) is 17.1 Å². The molecule has 0 aliphatic carbocycles. The predicted molar refractivity (Wildman–Crippen MR) is 142 cm³/mol. The van der Waals surface area contributed by atoms with Crippen LogP contribution >= 0.6 is 0 Å². The van der Waals surface area contributed by atoms with Gasteiger partial charge in [0.2, 0.25) is 5.95 Å². The number of aromatic nitrogens is 2. The van der Waals surface area contributed by atoms with E-state index in [0.29, 0.717) is 19.0 Å². The van der Waals surface area contributed by atoms with Crippen LogP contribution in [0.3, 0.4) is 0 Å². The zero-order valence-electron chi connectivity index (χ0n) is 18.9. The topological polar surface area (TPSA) is 49.8 Å². The molecule has 4 heteroatoms. The van der Waals surface area contributed by atoms with E-state index in [4.69, 9.17) is 9.97 Å². The Hall–Kier alpha value is -4.44. The number of nitrogens with zero attached hydrogens (tertiary/aromatic N) is 2. The van der Waals surface area contributed by atoms with Crippen molar-refractivity contribution in [2.45, 2.75) is 13.1 Å². The molecule has 0 saturated carbocycles. The third-order valence-corrected chi connectivity index (χ3v) is 5.63. The average Bonchev–Trinajstić information content (AvgIpc) is 2.91. The van der Waals surface area contributed by atoms with Gasteiger partial charge in [0, 0.05) is 19.2 Å². The number of hydrogen-bond donors (Lipinski definition) is 2. The van der Waals surface area contributed by atoms with Gasteiger partial charge >= 0.3 is 0 Å². The molecule has 1 heterocycles. The first-order chi connectivity index (χ1) is 16.8. The molecule has 0 bridgehead atoms. The first-order valence-corrected chi connectivity index (χ1v) is 11.4. The molecule has 34 heavy (non-hydrogen) atoms. The van der Waals surface area contributed by atoms with Gasteiger partial charge in [0.25, 0.3) is 0 Å². The largest absolute Gasteiger partial charge is 0.366 e. The molecule has 0 radical (unpaired) electrons. The molecule has 4 nitrogen and oxygen atoms in total. The Morgan fingerprint density at radius 2 is 1.35 bits per heavy atom. The highest BCUT2D eigenvalue weighted by molar-refractivity contribution is 5.85. The number of rotatable bonds is 8. The van der Waals surface area contributed by atoms with Crippen molar-refractivity contribution in [3.05, 3.63) is 132 Å². The molecule has 2 N–H and O–H groups in total. The van der Waals surface area contributed by atoms with Gasteiger partial charge in [-0.2, -0.15) is 4.98 Å². The van der Waals surface area contributed by atoms with E-state index in [1.54, 1.807) is 0 Å². The highest BCUT2D eigenvalue weighted by atomic mass is 15.1. The first-order valence-electron chi connectivity index (χ1n) is 11.4. The average molecular weight is 443 g/mol. The Kier molecular flexibility index (Phi) is 6.58. The van der Waals surface area contributed by atoms with Crippen molar-refractivity contribution < 1.29 is 0 Å². The quantitative estimate of drug-likeness (QED) is 0.271. The smallest absolute Gasteiger partial charge is 0.225 e. The van der Waals surface area contributed by atoms with Crippen LogP contribution < -0.4 is 10.6 Å². The van der Waals surface area contributed by atoms with Gasteiger partial charge in [0.1, 0.15) is 5.82 Å². The van der Waals surface area contributed by atoms with Crippen LogP contribution in [0.25, 0.3) is 22.9 Å². The molecular formula is C30H26N4. The van der Waals surface area contributed by atoms with Gasteiger partial charge in [-0.05, 0) is 33.5 Å². The van der Waals surface area contributed by atoms with E-state index in [1.807, 2.05) is 48.5 Å². The summed E-state index contributed by atoms with van der Waals surface area (Å²) in [6.45, 7) is 1.34. The number of anilines is 2. The Balaban J connectivity index is 1.39. The molecule has 0 aliphatic rings. The molecule has 0 saturated heterocycles. The lowest BCUT2D eigenvalue weighted by atomic mass is 10.0. The Morgan fingerprint density at radius 1 is 0.618 bits per heavy atom. The molecule has 5 rings (SSSR count). The summed E-state index contributed by atoms with van der Waals surface area (Å²) in [5, 5.41) is 9.36. The fraction of sp³-hybridized carbons (Fsp3) is 0.0667. The second-order valence-electron chi connectivity index (χ2n) is 8.08. The van der Waals surface area contributed by atoms with Gasteiger partial charge in [-0.15, -0.1) is 0 Å². The summed E-state index contributed by atoms with van der Waals surface area (Å²) in [7, 11) is 0. The van der Waals surface area contributed by atoms with Gasteiger partial charge in [-0.1, -0.05) is 109 Å². The van der Waals surface area contributed by atoms with Gasteiger partial charge in [-0.25, -0.2) is 4.98 Å². The molecule has 0 unspecified atom stereocenters. The van der Waals surface area contributed by atoms with Crippen molar-refractivity contribution in [3.63, 3.8) is 0 Å². The normalized spacial score (nSPS) is 11.1. The standard InChI is InChI=1S/C30H26N4/c1-3-10-23(11-4-1)18-19-27-20-29(34-30(33-27)32-21-24-12-5-2-6-13-24)31-22-26-16-9-15-25-14-7-8-17-28(25)26/h1-20H,21-22H2,(H2,31,32,33,34)/b19-18+. The highest BCUT2D eigenvalue weighted by Crippen LogP contribution is 2.20. The molecular weight excluding hydrogens is 416 g/mol. The van der Waals surface area contributed by atoms with Crippen LogP contribution in [0.15, 0.2) is 109 Å². The molecule has 0 amide bonds. The summed E-state index contributed by atoms with van der Waals surface area (Å²) < 4.78 is 0. The van der Waals surface area contributed by atoms with Crippen LogP contribution in [0.1, 0.15) is 22.4 Å². The van der Waals surface area contributed by atoms with Crippen molar-refractivity contribution in [2.75, 3.05) is 10.6 Å². The maximum absolute atomic E-state index is 4.73. The minimum absolute atomic E-state index is 0.597. The van der Waals surface area contributed by atoms with Crippen molar-refractivity contribution in [2.24, 2.45) is 0 Å². The number of nitrogens with one attached hydrogen (secondary N) is 2. The number of benzene rings is 4. The minimum Gasteiger partial charge on any atom is -0.366 e. The van der Waals surface area contributed by atoms with E-state index >= 15 is 0 Å². The Morgan fingerprint density at radius 3 is 2.21 bits per heavy atom. The maximum Gasteiger partial charge on any atom is 0.225 e. The van der Waals surface area contributed by atoms with Crippen LogP contribution in [0.2, 0.25) is 0 Å². The minimum atomic E-state index is 0.597. The molecule has 166 valence electrons. The molecule has 1 aromatic heterocycles. The second-order valence-corrected chi connectivity index (χ2v) is 8.08. The summed E-state index contributed by atoms with van der Waals surface area (Å²) in [6, 6.07) is 37.3. The summed E-state index contributed by atoms with van der Waals surface area (Å²) in [5.74, 6) is 1.38. The lowest BCUT2D eigenvalue weighted by Gasteiger charge is -2.12. The van der Waals surface area contributed by atoms with Crippen molar-refractivity contribution in [1.82, 2.24) is 9.97 Å². The van der Waals surface area contributed by atoms with Gasteiger partial charge in [-0.3, -0.25) is 0 Å². The Bertz CT molecular complexity index is 1390. The van der Waals surface area contributed by atoms with E-state index < -0.39 is 0 Å². The summed E-state index contributed by atoms with van der Waals surface area (Å²) in [4.78, 5) is 9.45. The van der Waals surface area contributed by atoms with Crippen molar-refractivity contribution in [1.29, 1.82) is 0 Å². The van der Waals surface area contributed by atoms with Crippen LogP contribution in [0, 0.1) is 0 Å². The second kappa shape index (κ2) is 10.5. The Labute approximate surface area is 200 Å². The van der Waals surface area contributed by atoms with E-state index in [2.05, 4.69) is 83.4 Å². The molecule has 5 aromatic rings. The summed E-state index contributed by atoms with van der Waals surface area (Å²) >= 11 is 0. The van der Waals surface area contributed by atoms with Crippen molar-refractivity contribution in [3.8, 4) is 0 Å². The molecule has 0 aliphatic heterocycles. The van der Waals surface area contributed by atoms with Gasteiger partial charge in [0.05, 0.1) is 5.69 Å². The van der Waals surface area contributed by atoms with Crippen LogP contribution in [-0.4, -0.2) is 9.97 Å². The fourth-order valence-corrected chi connectivity index (χ4v) is 3.88. The zero-order chi connectivity index (χ0) is 23.0. The SMILES string of the molecule is C(=C\c1cc(NCc2cccc3ccccc23)nc(NCc2ccccc2)n1)/c1ccccc1. The first kappa shape index (κ1) is 21.4. The lowest BCUT2D eigenvalue weighted by Crippen LogP contribution is -2.08. The van der Waals surface area contributed by atoms with Crippen molar-refractivity contribution >= 4 is 34.7 Å². The van der Waals surface area contributed by atoms with Crippen LogP contribution in [0.5, 0.6) is 0 Å². The molecule has 0 spiro atoms. The van der Waals surface area contributed by atoms with E-state index in [-0.39, 0.29) is 0 Å².